The fraction of sp³-hybridized carbons (Fsp3) is 0.308. The predicted octanol–water partition coefficient (Wildman–Crippen LogP) is 2.54. The van der Waals surface area contributed by atoms with Gasteiger partial charge in [-0.25, -0.2) is 4.39 Å². The highest BCUT2D eigenvalue weighted by Gasteiger charge is 2.21. The molecule has 0 atom stereocenters. The van der Waals surface area contributed by atoms with Crippen molar-refractivity contribution >= 4 is 16.8 Å². The zero-order valence-electron chi connectivity index (χ0n) is 9.37. The maximum atomic E-state index is 13.5. The van der Waals surface area contributed by atoms with Crippen LogP contribution in [0.25, 0.3) is 10.9 Å². The summed E-state index contributed by atoms with van der Waals surface area (Å²) in [4.78, 5) is 16.9. The van der Waals surface area contributed by atoms with Crippen LogP contribution in [0.1, 0.15) is 23.3 Å². The summed E-state index contributed by atoms with van der Waals surface area (Å²) < 4.78 is 13.5. The van der Waals surface area contributed by atoms with Crippen LogP contribution in [0.2, 0.25) is 0 Å². The van der Waals surface area contributed by atoms with Crippen molar-refractivity contribution in [2.45, 2.75) is 12.8 Å². The van der Waals surface area contributed by atoms with E-state index >= 15 is 0 Å². The van der Waals surface area contributed by atoms with Crippen molar-refractivity contribution in [3.63, 3.8) is 0 Å². The number of nitrogens with zero attached hydrogens (tertiary/aromatic N) is 1. The standard InChI is InChI=1S/C13H13FN2O/c14-10-4-3-5-11-9(10)8-12(15-11)13(17)16-6-1-2-7-16/h3-5,8,15H,1-2,6-7H2. The number of hydrogen-bond acceptors (Lipinski definition) is 1. The maximum Gasteiger partial charge on any atom is 0.270 e. The van der Waals surface area contributed by atoms with E-state index in [1.165, 1.54) is 6.07 Å². The van der Waals surface area contributed by atoms with Crippen LogP contribution in [0.3, 0.4) is 0 Å². The number of fused-ring (bicyclic) bond motifs is 1. The van der Waals surface area contributed by atoms with E-state index in [9.17, 15) is 9.18 Å². The molecule has 17 heavy (non-hydrogen) atoms. The molecule has 3 rings (SSSR count). The van der Waals surface area contributed by atoms with Gasteiger partial charge in [-0.2, -0.15) is 0 Å². The van der Waals surface area contributed by atoms with Crippen LogP contribution in [0.15, 0.2) is 24.3 Å². The molecule has 1 aliphatic heterocycles. The Balaban J connectivity index is 2.00. The lowest BCUT2D eigenvalue weighted by atomic mass is 10.2. The van der Waals surface area contributed by atoms with Gasteiger partial charge in [0.05, 0.1) is 0 Å². The Hall–Kier alpha value is -1.84. The molecular formula is C13H13FN2O. The molecule has 0 unspecified atom stereocenters. The average molecular weight is 232 g/mol. The lowest BCUT2D eigenvalue weighted by molar-refractivity contribution is 0.0788. The summed E-state index contributed by atoms with van der Waals surface area (Å²) in [5.41, 5.74) is 1.15. The number of carbonyl (C=O) groups is 1. The van der Waals surface area contributed by atoms with Crippen LogP contribution in [-0.4, -0.2) is 28.9 Å². The molecule has 0 spiro atoms. The summed E-state index contributed by atoms with van der Waals surface area (Å²) in [7, 11) is 0. The highest BCUT2D eigenvalue weighted by Crippen LogP contribution is 2.20. The first-order chi connectivity index (χ1) is 8.25. The number of likely N-dealkylation sites (tertiary alicyclic amines) is 1. The van der Waals surface area contributed by atoms with Crippen molar-refractivity contribution in [1.29, 1.82) is 0 Å². The number of rotatable bonds is 1. The van der Waals surface area contributed by atoms with E-state index in [0.717, 1.165) is 25.9 Å². The van der Waals surface area contributed by atoms with Gasteiger partial charge in [0, 0.05) is 24.0 Å². The van der Waals surface area contributed by atoms with Gasteiger partial charge in [0.1, 0.15) is 11.5 Å². The molecule has 1 N–H and O–H groups in total. The third kappa shape index (κ3) is 1.69. The van der Waals surface area contributed by atoms with Gasteiger partial charge >= 0.3 is 0 Å². The Kier molecular flexibility index (Phi) is 2.35. The van der Waals surface area contributed by atoms with Gasteiger partial charge in [0.25, 0.3) is 5.91 Å². The molecule has 4 heteroatoms. The number of hydrogen-bond donors (Lipinski definition) is 1. The van der Waals surface area contributed by atoms with Gasteiger partial charge in [-0.15, -0.1) is 0 Å². The molecule has 0 aliphatic carbocycles. The Morgan fingerprint density at radius 2 is 2.06 bits per heavy atom. The van der Waals surface area contributed by atoms with E-state index in [1.54, 1.807) is 18.2 Å². The number of carbonyl (C=O) groups excluding carboxylic acids is 1. The second-order valence-corrected chi connectivity index (χ2v) is 4.38. The second kappa shape index (κ2) is 3.87. The monoisotopic (exact) mass is 232 g/mol. The van der Waals surface area contributed by atoms with Gasteiger partial charge in [-0.05, 0) is 31.0 Å². The fourth-order valence-electron chi connectivity index (χ4n) is 2.32. The molecule has 0 saturated carbocycles. The second-order valence-electron chi connectivity index (χ2n) is 4.38. The summed E-state index contributed by atoms with van der Waals surface area (Å²) in [5, 5.41) is 0.482. The van der Waals surface area contributed by atoms with E-state index < -0.39 is 0 Å². The van der Waals surface area contributed by atoms with E-state index in [1.807, 2.05) is 4.90 Å². The minimum Gasteiger partial charge on any atom is -0.350 e. The molecule has 0 bridgehead atoms. The third-order valence-corrected chi connectivity index (χ3v) is 3.23. The summed E-state index contributed by atoms with van der Waals surface area (Å²) in [6.45, 7) is 1.60. The van der Waals surface area contributed by atoms with Gasteiger partial charge in [0.15, 0.2) is 0 Å². The topological polar surface area (TPSA) is 36.1 Å². The number of amides is 1. The molecule has 3 nitrogen and oxygen atoms in total. The van der Waals surface area contributed by atoms with E-state index in [-0.39, 0.29) is 11.7 Å². The lowest BCUT2D eigenvalue weighted by Crippen LogP contribution is -2.27. The van der Waals surface area contributed by atoms with E-state index in [4.69, 9.17) is 0 Å². The van der Waals surface area contributed by atoms with Gasteiger partial charge < -0.3 is 9.88 Å². The summed E-state index contributed by atoms with van der Waals surface area (Å²) in [6.07, 6.45) is 2.11. The molecule has 1 aromatic heterocycles. The van der Waals surface area contributed by atoms with Crippen molar-refractivity contribution in [2.75, 3.05) is 13.1 Å². The minimum atomic E-state index is -0.292. The molecule has 88 valence electrons. The SMILES string of the molecule is O=C(c1cc2c(F)cccc2[nH]1)N1CCCC1. The predicted molar refractivity (Wildman–Crippen MR) is 63.4 cm³/mol. The molecule has 2 aromatic rings. The maximum absolute atomic E-state index is 13.5. The van der Waals surface area contributed by atoms with E-state index in [0.29, 0.717) is 16.6 Å². The highest BCUT2D eigenvalue weighted by atomic mass is 19.1. The number of aromatic nitrogens is 1. The van der Waals surface area contributed by atoms with Crippen molar-refractivity contribution < 1.29 is 9.18 Å². The molecule has 0 radical (unpaired) electrons. The van der Waals surface area contributed by atoms with Gasteiger partial charge in [0.2, 0.25) is 0 Å². The van der Waals surface area contributed by atoms with Crippen molar-refractivity contribution in [3.8, 4) is 0 Å². The number of H-pyrrole nitrogens is 1. The highest BCUT2D eigenvalue weighted by molar-refractivity contribution is 5.98. The third-order valence-electron chi connectivity index (χ3n) is 3.23. The Morgan fingerprint density at radius 3 is 2.76 bits per heavy atom. The first kappa shape index (κ1) is 10.3. The quantitative estimate of drug-likeness (QED) is 0.805. The van der Waals surface area contributed by atoms with Crippen LogP contribution in [-0.2, 0) is 0 Å². The molecule has 1 aromatic carbocycles. The van der Waals surface area contributed by atoms with Crippen LogP contribution in [0.4, 0.5) is 4.39 Å². The summed E-state index contributed by atoms with van der Waals surface area (Å²) in [6, 6.07) is 6.42. The number of benzene rings is 1. The number of nitrogens with one attached hydrogen (secondary N) is 1. The van der Waals surface area contributed by atoms with Gasteiger partial charge in [-0.3, -0.25) is 4.79 Å². The van der Waals surface area contributed by atoms with Crippen LogP contribution in [0.5, 0.6) is 0 Å². The minimum absolute atomic E-state index is 0.0295. The number of halogens is 1. The summed E-state index contributed by atoms with van der Waals surface area (Å²) >= 11 is 0. The first-order valence-electron chi connectivity index (χ1n) is 5.82. The van der Waals surface area contributed by atoms with Gasteiger partial charge in [-0.1, -0.05) is 6.07 Å². The lowest BCUT2D eigenvalue weighted by Gasteiger charge is -2.13. The average Bonchev–Trinajstić information content (AvgIpc) is 2.98. The molecular weight excluding hydrogens is 219 g/mol. The Labute approximate surface area is 98.2 Å². The number of aromatic amines is 1. The molecule has 1 saturated heterocycles. The zero-order valence-corrected chi connectivity index (χ0v) is 9.37. The largest absolute Gasteiger partial charge is 0.350 e. The normalized spacial score (nSPS) is 15.7. The van der Waals surface area contributed by atoms with Crippen LogP contribution < -0.4 is 0 Å². The van der Waals surface area contributed by atoms with Crippen molar-refractivity contribution in [3.05, 3.63) is 35.8 Å². The molecule has 1 aliphatic rings. The Morgan fingerprint density at radius 1 is 1.29 bits per heavy atom. The van der Waals surface area contributed by atoms with E-state index in [2.05, 4.69) is 4.98 Å². The first-order valence-corrected chi connectivity index (χ1v) is 5.82. The summed E-state index contributed by atoms with van der Waals surface area (Å²) in [5.74, 6) is -0.322. The zero-order chi connectivity index (χ0) is 11.8. The van der Waals surface area contributed by atoms with Crippen LogP contribution >= 0.6 is 0 Å². The Bertz CT molecular complexity index is 570. The molecule has 1 amide bonds. The molecule has 1 fully saturated rings. The smallest absolute Gasteiger partial charge is 0.270 e. The van der Waals surface area contributed by atoms with Crippen molar-refractivity contribution in [1.82, 2.24) is 9.88 Å². The molecule has 2 heterocycles. The fourth-order valence-corrected chi connectivity index (χ4v) is 2.32. The van der Waals surface area contributed by atoms with Crippen molar-refractivity contribution in [2.24, 2.45) is 0 Å². The van der Waals surface area contributed by atoms with Crippen LogP contribution in [0, 0.1) is 5.82 Å².